The van der Waals surface area contributed by atoms with Crippen molar-refractivity contribution in [1.29, 1.82) is 0 Å². The van der Waals surface area contributed by atoms with E-state index >= 15 is 0 Å². The molecule has 0 atom stereocenters. The van der Waals surface area contributed by atoms with Gasteiger partial charge in [0.25, 0.3) is 0 Å². The van der Waals surface area contributed by atoms with Gasteiger partial charge >= 0.3 is 0 Å². The number of halogens is 1. The highest BCUT2D eigenvalue weighted by Crippen LogP contribution is 2.23. The lowest BCUT2D eigenvalue weighted by molar-refractivity contribution is -0.129. The monoisotopic (exact) mass is 239 g/mol. The van der Waals surface area contributed by atoms with Crippen molar-refractivity contribution in [2.75, 3.05) is 31.1 Å². The van der Waals surface area contributed by atoms with E-state index in [1.807, 2.05) is 17.0 Å². The van der Waals surface area contributed by atoms with Crippen molar-refractivity contribution in [3.05, 3.63) is 23.4 Å². The van der Waals surface area contributed by atoms with Crippen LogP contribution >= 0.6 is 11.6 Å². The van der Waals surface area contributed by atoms with Crippen LogP contribution in [0.3, 0.4) is 0 Å². The highest BCUT2D eigenvalue weighted by molar-refractivity contribution is 6.32. The summed E-state index contributed by atoms with van der Waals surface area (Å²) in [4.78, 5) is 19.4. The second kappa shape index (κ2) is 4.70. The van der Waals surface area contributed by atoms with Gasteiger partial charge in [-0.15, -0.1) is 0 Å². The molecule has 1 fully saturated rings. The number of nitrogens with zero attached hydrogens (tertiary/aromatic N) is 3. The van der Waals surface area contributed by atoms with Gasteiger partial charge in [0.15, 0.2) is 0 Å². The Labute approximate surface area is 99.8 Å². The Kier molecular flexibility index (Phi) is 3.29. The van der Waals surface area contributed by atoms with E-state index in [0.717, 1.165) is 32.0 Å². The lowest BCUT2D eigenvalue weighted by Gasteiger charge is -2.35. The molecule has 0 N–H and O–H groups in total. The van der Waals surface area contributed by atoms with E-state index in [-0.39, 0.29) is 5.91 Å². The third-order valence-corrected chi connectivity index (χ3v) is 3.06. The van der Waals surface area contributed by atoms with Crippen molar-refractivity contribution in [2.24, 2.45) is 0 Å². The number of hydrogen-bond acceptors (Lipinski definition) is 3. The molecule has 5 heteroatoms. The van der Waals surface area contributed by atoms with Crippen molar-refractivity contribution in [2.45, 2.75) is 6.92 Å². The molecule has 0 unspecified atom stereocenters. The third-order valence-electron chi connectivity index (χ3n) is 2.76. The van der Waals surface area contributed by atoms with Gasteiger partial charge in [-0.1, -0.05) is 11.6 Å². The fourth-order valence-electron chi connectivity index (χ4n) is 1.84. The van der Waals surface area contributed by atoms with Crippen LogP contribution in [-0.2, 0) is 4.79 Å². The number of amides is 1. The van der Waals surface area contributed by atoms with Crippen LogP contribution in [0, 0.1) is 0 Å². The van der Waals surface area contributed by atoms with Crippen LogP contribution in [0.4, 0.5) is 5.82 Å². The van der Waals surface area contributed by atoms with Crippen molar-refractivity contribution < 1.29 is 4.79 Å². The molecule has 0 saturated carbocycles. The first kappa shape index (κ1) is 11.2. The maximum absolute atomic E-state index is 11.2. The zero-order valence-corrected chi connectivity index (χ0v) is 9.94. The first-order valence-electron chi connectivity index (χ1n) is 5.29. The second-order valence-corrected chi connectivity index (χ2v) is 4.21. The fourth-order valence-corrected chi connectivity index (χ4v) is 2.08. The van der Waals surface area contributed by atoms with Crippen LogP contribution in [0.2, 0.25) is 5.02 Å². The molecule has 0 spiro atoms. The van der Waals surface area contributed by atoms with Crippen LogP contribution in [0.1, 0.15) is 6.92 Å². The number of anilines is 1. The molecule has 1 aromatic rings. The molecular formula is C11H14ClN3O. The largest absolute Gasteiger partial charge is 0.352 e. The number of carbonyl (C=O) groups is 1. The second-order valence-electron chi connectivity index (χ2n) is 3.80. The van der Waals surface area contributed by atoms with E-state index in [2.05, 4.69) is 9.88 Å². The van der Waals surface area contributed by atoms with Gasteiger partial charge in [-0.2, -0.15) is 0 Å². The summed E-state index contributed by atoms with van der Waals surface area (Å²) in [6.07, 6.45) is 1.73. The molecule has 4 nitrogen and oxygen atoms in total. The summed E-state index contributed by atoms with van der Waals surface area (Å²) in [5.41, 5.74) is 0. The van der Waals surface area contributed by atoms with Crippen LogP contribution < -0.4 is 4.90 Å². The molecular weight excluding hydrogens is 226 g/mol. The maximum atomic E-state index is 11.2. The number of piperazine rings is 1. The summed E-state index contributed by atoms with van der Waals surface area (Å²) in [5, 5.41) is 0.666. The first-order chi connectivity index (χ1) is 7.68. The Bertz CT molecular complexity index is 389. The minimum atomic E-state index is 0.131. The predicted octanol–water partition coefficient (Wildman–Crippen LogP) is 1.40. The molecule has 2 rings (SSSR count). The molecule has 1 amide bonds. The van der Waals surface area contributed by atoms with Crippen molar-refractivity contribution in [1.82, 2.24) is 9.88 Å². The van der Waals surface area contributed by atoms with Gasteiger partial charge in [0.1, 0.15) is 5.82 Å². The maximum Gasteiger partial charge on any atom is 0.219 e. The Morgan fingerprint density at radius 1 is 1.38 bits per heavy atom. The topological polar surface area (TPSA) is 36.4 Å². The summed E-state index contributed by atoms with van der Waals surface area (Å²) in [5.74, 6) is 0.944. The zero-order valence-electron chi connectivity index (χ0n) is 9.19. The van der Waals surface area contributed by atoms with Crippen molar-refractivity contribution >= 4 is 23.3 Å². The van der Waals surface area contributed by atoms with E-state index in [1.165, 1.54) is 0 Å². The van der Waals surface area contributed by atoms with Crippen LogP contribution in [0.25, 0.3) is 0 Å². The number of aromatic nitrogens is 1. The highest BCUT2D eigenvalue weighted by atomic mass is 35.5. The standard InChI is InChI=1S/C11H14ClN3O/c1-9(16)14-5-7-15(8-6-14)11-10(12)3-2-4-13-11/h2-4H,5-8H2,1H3. The smallest absolute Gasteiger partial charge is 0.219 e. The SMILES string of the molecule is CC(=O)N1CCN(c2ncccc2Cl)CC1. The summed E-state index contributed by atoms with van der Waals surface area (Å²) in [6.45, 7) is 4.65. The number of rotatable bonds is 1. The summed E-state index contributed by atoms with van der Waals surface area (Å²) < 4.78 is 0. The van der Waals surface area contributed by atoms with E-state index in [1.54, 1.807) is 13.1 Å². The van der Waals surface area contributed by atoms with Crippen molar-refractivity contribution in [3.63, 3.8) is 0 Å². The minimum absolute atomic E-state index is 0.131. The van der Waals surface area contributed by atoms with Crippen LogP contribution in [0.5, 0.6) is 0 Å². The molecule has 1 aromatic heterocycles. The molecule has 0 radical (unpaired) electrons. The van der Waals surface area contributed by atoms with Gasteiger partial charge in [0, 0.05) is 39.3 Å². The molecule has 0 bridgehead atoms. The molecule has 86 valence electrons. The highest BCUT2D eigenvalue weighted by Gasteiger charge is 2.20. The van der Waals surface area contributed by atoms with Gasteiger partial charge < -0.3 is 9.80 Å². The quantitative estimate of drug-likeness (QED) is 0.744. The summed E-state index contributed by atoms with van der Waals surface area (Å²) >= 11 is 6.07. The molecule has 1 aliphatic heterocycles. The fraction of sp³-hybridized carbons (Fsp3) is 0.455. The molecule has 16 heavy (non-hydrogen) atoms. The normalized spacial score (nSPS) is 16.4. The van der Waals surface area contributed by atoms with Crippen LogP contribution in [-0.4, -0.2) is 42.0 Å². The van der Waals surface area contributed by atoms with E-state index in [9.17, 15) is 4.79 Å². The van der Waals surface area contributed by atoms with E-state index < -0.39 is 0 Å². The van der Waals surface area contributed by atoms with Gasteiger partial charge in [-0.25, -0.2) is 4.98 Å². The Morgan fingerprint density at radius 3 is 2.62 bits per heavy atom. The number of carbonyl (C=O) groups excluding carboxylic acids is 1. The molecule has 1 aliphatic rings. The Balaban J connectivity index is 2.05. The molecule has 1 saturated heterocycles. The zero-order chi connectivity index (χ0) is 11.5. The van der Waals surface area contributed by atoms with Crippen LogP contribution in [0.15, 0.2) is 18.3 Å². The summed E-state index contributed by atoms with van der Waals surface area (Å²) in [7, 11) is 0. The third kappa shape index (κ3) is 2.27. The average Bonchev–Trinajstić information content (AvgIpc) is 2.30. The van der Waals surface area contributed by atoms with Crippen molar-refractivity contribution in [3.8, 4) is 0 Å². The Morgan fingerprint density at radius 2 is 2.06 bits per heavy atom. The predicted molar refractivity (Wildman–Crippen MR) is 63.7 cm³/mol. The minimum Gasteiger partial charge on any atom is -0.352 e. The van der Waals surface area contributed by atoms with E-state index in [0.29, 0.717) is 5.02 Å². The lowest BCUT2D eigenvalue weighted by atomic mass is 10.3. The summed E-state index contributed by atoms with van der Waals surface area (Å²) in [6, 6.07) is 3.65. The molecule has 0 aliphatic carbocycles. The molecule has 0 aromatic carbocycles. The average molecular weight is 240 g/mol. The van der Waals surface area contributed by atoms with Gasteiger partial charge in [-0.05, 0) is 12.1 Å². The van der Waals surface area contributed by atoms with Gasteiger partial charge in [0.2, 0.25) is 5.91 Å². The van der Waals surface area contributed by atoms with E-state index in [4.69, 9.17) is 11.6 Å². The number of pyridine rings is 1. The van der Waals surface area contributed by atoms with Gasteiger partial charge in [0.05, 0.1) is 5.02 Å². The molecule has 2 heterocycles. The Hall–Kier alpha value is -1.29. The lowest BCUT2D eigenvalue weighted by Crippen LogP contribution is -2.48. The number of hydrogen-bond donors (Lipinski definition) is 0. The van der Waals surface area contributed by atoms with Gasteiger partial charge in [-0.3, -0.25) is 4.79 Å². The first-order valence-corrected chi connectivity index (χ1v) is 5.67.